The second-order valence-electron chi connectivity index (χ2n) is 5.12. The molecule has 1 aliphatic carbocycles. The summed E-state index contributed by atoms with van der Waals surface area (Å²) in [6, 6.07) is 11.2. The van der Waals surface area contributed by atoms with Gasteiger partial charge in [-0.3, -0.25) is 4.90 Å². The maximum absolute atomic E-state index is 5.99. The fourth-order valence-electron chi connectivity index (χ4n) is 2.81. The lowest BCUT2D eigenvalue weighted by molar-refractivity contribution is 0.310. The van der Waals surface area contributed by atoms with Gasteiger partial charge in [-0.1, -0.05) is 30.3 Å². The molecule has 2 aliphatic rings. The highest BCUT2D eigenvalue weighted by molar-refractivity contribution is 5.16. The molecule has 2 atom stereocenters. The Balaban J connectivity index is 1.62. The Morgan fingerprint density at radius 1 is 1.33 bits per heavy atom. The van der Waals surface area contributed by atoms with Gasteiger partial charge in [-0.2, -0.15) is 0 Å². The minimum absolute atomic E-state index is 0.485. The highest BCUT2D eigenvalue weighted by Crippen LogP contribution is 2.51. The first-order valence-corrected chi connectivity index (χ1v) is 5.80. The maximum atomic E-state index is 5.99. The molecular formula is C13H18N2. The molecule has 0 radical (unpaired) electrons. The molecule has 1 spiro atoms. The molecule has 1 aromatic rings. The monoisotopic (exact) mass is 202 g/mol. The van der Waals surface area contributed by atoms with Crippen LogP contribution in [0.15, 0.2) is 30.3 Å². The molecule has 80 valence electrons. The number of rotatable bonds is 2. The number of hydrogen-bond donors (Lipinski definition) is 1. The molecule has 1 heterocycles. The summed E-state index contributed by atoms with van der Waals surface area (Å²) in [6.45, 7) is 3.53. The van der Waals surface area contributed by atoms with Gasteiger partial charge in [0.2, 0.25) is 0 Å². The lowest BCUT2D eigenvalue weighted by Crippen LogP contribution is -2.22. The second kappa shape index (κ2) is 3.32. The van der Waals surface area contributed by atoms with Crippen molar-refractivity contribution in [1.82, 2.24) is 4.90 Å². The largest absolute Gasteiger partial charge is 0.327 e. The van der Waals surface area contributed by atoms with Crippen LogP contribution in [0.3, 0.4) is 0 Å². The molecule has 15 heavy (non-hydrogen) atoms. The molecule has 1 aromatic carbocycles. The molecule has 2 unspecified atom stereocenters. The molecule has 2 nitrogen and oxygen atoms in total. The molecule has 3 rings (SSSR count). The van der Waals surface area contributed by atoms with Gasteiger partial charge in [0, 0.05) is 24.5 Å². The Labute approximate surface area is 91.1 Å². The van der Waals surface area contributed by atoms with Gasteiger partial charge in [-0.25, -0.2) is 0 Å². The van der Waals surface area contributed by atoms with Crippen LogP contribution in [0, 0.1) is 5.41 Å². The second-order valence-corrected chi connectivity index (χ2v) is 5.12. The molecule has 1 saturated carbocycles. The fourth-order valence-corrected chi connectivity index (χ4v) is 2.81. The van der Waals surface area contributed by atoms with E-state index in [4.69, 9.17) is 5.73 Å². The van der Waals surface area contributed by atoms with E-state index in [0.717, 1.165) is 6.54 Å². The van der Waals surface area contributed by atoms with E-state index in [1.165, 1.54) is 31.5 Å². The average Bonchev–Trinajstić information content (AvgIpc) is 2.69. The Kier molecular flexibility index (Phi) is 2.08. The summed E-state index contributed by atoms with van der Waals surface area (Å²) in [6.07, 6.45) is 2.55. The number of nitrogens with two attached hydrogens (primary N) is 1. The van der Waals surface area contributed by atoms with Crippen LogP contribution in [-0.4, -0.2) is 24.0 Å². The zero-order valence-electron chi connectivity index (χ0n) is 9.02. The summed E-state index contributed by atoms with van der Waals surface area (Å²) in [5.41, 5.74) is 7.92. The topological polar surface area (TPSA) is 29.3 Å². The number of likely N-dealkylation sites (tertiary alicyclic amines) is 1. The summed E-state index contributed by atoms with van der Waals surface area (Å²) >= 11 is 0. The third-order valence-electron chi connectivity index (χ3n) is 3.97. The van der Waals surface area contributed by atoms with Gasteiger partial charge >= 0.3 is 0 Å². The highest BCUT2D eigenvalue weighted by Gasteiger charge is 2.55. The van der Waals surface area contributed by atoms with E-state index in [0.29, 0.717) is 11.5 Å². The number of nitrogens with zero attached hydrogens (tertiary/aromatic N) is 1. The summed E-state index contributed by atoms with van der Waals surface area (Å²) in [5, 5.41) is 0. The Hall–Kier alpha value is -0.860. The van der Waals surface area contributed by atoms with Crippen molar-refractivity contribution in [1.29, 1.82) is 0 Å². The van der Waals surface area contributed by atoms with E-state index in [1.54, 1.807) is 0 Å². The van der Waals surface area contributed by atoms with Crippen LogP contribution in [-0.2, 0) is 6.54 Å². The summed E-state index contributed by atoms with van der Waals surface area (Å²) in [4.78, 5) is 2.54. The maximum Gasteiger partial charge on any atom is 0.0233 e. The Morgan fingerprint density at radius 3 is 2.67 bits per heavy atom. The third-order valence-corrected chi connectivity index (χ3v) is 3.97. The zero-order chi connectivity index (χ0) is 10.3. The van der Waals surface area contributed by atoms with E-state index in [1.807, 2.05) is 0 Å². The van der Waals surface area contributed by atoms with Crippen molar-refractivity contribution in [2.75, 3.05) is 13.1 Å². The van der Waals surface area contributed by atoms with Crippen molar-refractivity contribution in [2.24, 2.45) is 11.1 Å². The SMILES string of the molecule is NC1CC12CCN(Cc1ccccc1)C2. The number of benzene rings is 1. The van der Waals surface area contributed by atoms with Crippen molar-refractivity contribution in [3.63, 3.8) is 0 Å². The normalized spacial score (nSPS) is 34.9. The van der Waals surface area contributed by atoms with Gasteiger partial charge in [0.25, 0.3) is 0 Å². The molecule has 2 N–H and O–H groups in total. The van der Waals surface area contributed by atoms with Gasteiger partial charge < -0.3 is 5.73 Å². The van der Waals surface area contributed by atoms with Crippen LogP contribution in [0.4, 0.5) is 0 Å². The molecule has 1 aliphatic heterocycles. The van der Waals surface area contributed by atoms with Crippen LogP contribution >= 0.6 is 0 Å². The van der Waals surface area contributed by atoms with E-state index < -0.39 is 0 Å². The van der Waals surface area contributed by atoms with Crippen molar-refractivity contribution >= 4 is 0 Å². The van der Waals surface area contributed by atoms with Gasteiger partial charge in [0.05, 0.1) is 0 Å². The molecule has 2 heteroatoms. The predicted molar refractivity (Wildman–Crippen MR) is 61.4 cm³/mol. The van der Waals surface area contributed by atoms with Crippen molar-refractivity contribution < 1.29 is 0 Å². The molecule has 0 aromatic heterocycles. The summed E-state index contributed by atoms with van der Waals surface area (Å²) in [7, 11) is 0. The van der Waals surface area contributed by atoms with Crippen LogP contribution in [0.5, 0.6) is 0 Å². The lowest BCUT2D eigenvalue weighted by atomic mass is 10.1. The minimum atomic E-state index is 0.485. The number of hydrogen-bond acceptors (Lipinski definition) is 2. The van der Waals surface area contributed by atoms with Crippen LogP contribution < -0.4 is 5.73 Å². The fraction of sp³-hybridized carbons (Fsp3) is 0.538. The smallest absolute Gasteiger partial charge is 0.0233 e. The Morgan fingerprint density at radius 2 is 2.07 bits per heavy atom. The predicted octanol–water partition coefficient (Wildman–Crippen LogP) is 1.61. The summed E-state index contributed by atoms with van der Waals surface area (Å²) < 4.78 is 0. The van der Waals surface area contributed by atoms with Crippen molar-refractivity contribution in [3.8, 4) is 0 Å². The van der Waals surface area contributed by atoms with Crippen molar-refractivity contribution in [3.05, 3.63) is 35.9 Å². The lowest BCUT2D eigenvalue weighted by Gasteiger charge is -2.15. The quantitative estimate of drug-likeness (QED) is 0.789. The molecule has 0 amide bonds. The first-order valence-electron chi connectivity index (χ1n) is 5.80. The van der Waals surface area contributed by atoms with E-state index in [9.17, 15) is 0 Å². The van der Waals surface area contributed by atoms with Crippen LogP contribution in [0.2, 0.25) is 0 Å². The minimum Gasteiger partial charge on any atom is -0.327 e. The first kappa shape index (κ1) is 9.37. The zero-order valence-corrected chi connectivity index (χ0v) is 9.02. The van der Waals surface area contributed by atoms with Gasteiger partial charge in [-0.05, 0) is 24.9 Å². The highest BCUT2D eigenvalue weighted by atomic mass is 15.2. The molecule has 2 fully saturated rings. The van der Waals surface area contributed by atoms with E-state index in [2.05, 4.69) is 35.2 Å². The third kappa shape index (κ3) is 1.68. The van der Waals surface area contributed by atoms with E-state index >= 15 is 0 Å². The van der Waals surface area contributed by atoms with E-state index in [-0.39, 0.29) is 0 Å². The first-order chi connectivity index (χ1) is 7.28. The summed E-state index contributed by atoms with van der Waals surface area (Å²) in [5.74, 6) is 0. The van der Waals surface area contributed by atoms with Gasteiger partial charge in [-0.15, -0.1) is 0 Å². The Bertz CT molecular complexity index is 349. The average molecular weight is 202 g/mol. The molecular weight excluding hydrogens is 184 g/mol. The van der Waals surface area contributed by atoms with Crippen LogP contribution in [0.1, 0.15) is 18.4 Å². The van der Waals surface area contributed by atoms with Gasteiger partial charge in [0.1, 0.15) is 0 Å². The molecule has 1 saturated heterocycles. The van der Waals surface area contributed by atoms with Gasteiger partial charge in [0.15, 0.2) is 0 Å². The van der Waals surface area contributed by atoms with Crippen molar-refractivity contribution in [2.45, 2.75) is 25.4 Å². The van der Waals surface area contributed by atoms with Crippen LogP contribution in [0.25, 0.3) is 0 Å². The molecule has 0 bridgehead atoms. The standard InChI is InChI=1S/C13H18N2/c14-12-8-13(12)6-7-15(10-13)9-11-4-2-1-3-5-11/h1-5,12H,6-10,14H2.